The summed E-state index contributed by atoms with van der Waals surface area (Å²) in [7, 11) is 0. The highest BCUT2D eigenvalue weighted by Gasteiger charge is 2.18. The highest BCUT2D eigenvalue weighted by atomic mass is 16.5. The van der Waals surface area contributed by atoms with Crippen LogP contribution in [0.15, 0.2) is 35.0 Å². The number of carboxylic acids is 1. The van der Waals surface area contributed by atoms with Crippen LogP contribution in [0.1, 0.15) is 10.4 Å². The average Bonchev–Trinajstić information content (AvgIpc) is 2.93. The van der Waals surface area contributed by atoms with Crippen LogP contribution in [0, 0.1) is 0 Å². The quantitative estimate of drug-likeness (QED) is 0.641. The average molecular weight is 244 g/mol. The van der Waals surface area contributed by atoms with E-state index in [-0.39, 0.29) is 17.1 Å². The zero-order chi connectivity index (χ0) is 12.7. The Labute approximate surface area is 100 Å². The number of aromatic carboxylic acids is 1. The van der Waals surface area contributed by atoms with Gasteiger partial charge in [-0.05, 0) is 24.3 Å². The van der Waals surface area contributed by atoms with E-state index in [1.807, 2.05) is 0 Å². The lowest BCUT2D eigenvalue weighted by molar-refractivity contribution is 0.0697. The molecule has 6 heteroatoms. The van der Waals surface area contributed by atoms with Gasteiger partial charge in [-0.1, -0.05) is 5.16 Å². The molecule has 0 atom stereocenters. The summed E-state index contributed by atoms with van der Waals surface area (Å²) in [5.74, 6) is -0.796. The van der Waals surface area contributed by atoms with Crippen LogP contribution in [-0.4, -0.2) is 26.3 Å². The van der Waals surface area contributed by atoms with Crippen LogP contribution < -0.4 is 0 Å². The van der Waals surface area contributed by atoms with Gasteiger partial charge >= 0.3 is 5.97 Å². The lowest BCUT2D eigenvalue weighted by Crippen LogP contribution is -1.95. The summed E-state index contributed by atoms with van der Waals surface area (Å²) in [6.45, 7) is 0. The summed E-state index contributed by atoms with van der Waals surface area (Å²) < 4.78 is 4.95. The highest BCUT2D eigenvalue weighted by Crippen LogP contribution is 2.28. The lowest BCUT2D eigenvalue weighted by atomic mass is 10.2. The van der Waals surface area contributed by atoms with Crippen LogP contribution in [0.5, 0.6) is 5.75 Å². The minimum Gasteiger partial charge on any atom is -0.508 e. The number of nitrogens with one attached hydrogen (secondary N) is 1. The second-order valence-corrected chi connectivity index (χ2v) is 3.83. The van der Waals surface area contributed by atoms with Gasteiger partial charge in [-0.3, -0.25) is 0 Å². The number of rotatable bonds is 2. The van der Waals surface area contributed by atoms with E-state index < -0.39 is 5.97 Å². The molecule has 0 spiro atoms. The molecular weight excluding hydrogens is 236 g/mol. The summed E-state index contributed by atoms with van der Waals surface area (Å²) in [4.78, 5) is 14.0. The third kappa shape index (κ3) is 1.51. The van der Waals surface area contributed by atoms with Crippen molar-refractivity contribution in [3.63, 3.8) is 0 Å². The number of hydrogen-bond donors (Lipinski definition) is 3. The number of benzene rings is 1. The smallest absolute Gasteiger partial charge is 0.341 e. The van der Waals surface area contributed by atoms with Crippen molar-refractivity contribution in [2.45, 2.75) is 0 Å². The van der Waals surface area contributed by atoms with Gasteiger partial charge in [-0.25, -0.2) is 4.79 Å². The second kappa shape index (κ2) is 3.63. The van der Waals surface area contributed by atoms with Gasteiger partial charge in [-0.2, -0.15) is 0 Å². The SMILES string of the molecule is O=C(O)c1cnoc1-c1cc2cc(O)ccc2[nH]1. The Bertz CT molecular complexity index is 741. The number of carbonyl (C=O) groups is 1. The monoisotopic (exact) mass is 244 g/mol. The summed E-state index contributed by atoms with van der Waals surface area (Å²) >= 11 is 0. The first kappa shape index (κ1) is 10.4. The molecule has 0 unspecified atom stereocenters. The van der Waals surface area contributed by atoms with E-state index in [1.165, 1.54) is 0 Å². The number of fused-ring (bicyclic) bond motifs is 1. The Morgan fingerprint density at radius 1 is 1.33 bits per heavy atom. The van der Waals surface area contributed by atoms with Crippen LogP contribution >= 0.6 is 0 Å². The first-order chi connectivity index (χ1) is 8.65. The zero-order valence-electron chi connectivity index (χ0n) is 9.04. The van der Waals surface area contributed by atoms with E-state index in [4.69, 9.17) is 9.63 Å². The minimum absolute atomic E-state index is 0.00854. The molecule has 3 rings (SSSR count). The number of aromatic nitrogens is 2. The lowest BCUT2D eigenvalue weighted by Gasteiger charge is -1.92. The van der Waals surface area contributed by atoms with Crippen LogP contribution in [-0.2, 0) is 0 Å². The van der Waals surface area contributed by atoms with E-state index >= 15 is 0 Å². The van der Waals surface area contributed by atoms with Crippen molar-refractivity contribution >= 4 is 16.9 Å². The predicted octanol–water partition coefficient (Wildman–Crippen LogP) is 2.23. The van der Waals surface area contributed by atoms with Gasteiger partial charge in [0.05, 0.1) is 11.9 Å². The van der Waals surface area contributed by atoms with Crippen molar-refractivity contribution in [3.8, 4) is 17.2 Å². The molecule has 0 saturated heterocycles. The molecule has 0 bridgehead atoms. The zero-order valence-corrected chi connectivity index (χ0v) is 9.04. The van der Waals surface area contributed by atoms with Crippen molar-refractivity contribution < 1.29 is 19.5 Å². The van der Waals surface area contributed by atoms with E-state index in [1.54, 1.807) is 24.3 Å². The molecule has 0 saturated carbocycles. The summed E-state index contributed by atoms with van der Waals surface area (Å²) in [6.07, 6.45) is 1.15. The van der Waals surface area contributed by atoms with Gasteiger partial charge < -0.3 is 19.7 Å². The largest absolute Gasteiger partial charge is 0.508 e. The molecule has 0 aliphatic rings. The second-order valence-electron chi connectivity index (χ2n) is 3.83. The normalized spacial score (nSPS) is 10.9. The fourth-order valence-corrected chi connectivity index (χ4v) is 1.83. The molecule has 0 fully saturated rings. The topological polar surface area (TPSA) is 99.3 Å². The fourth-order valence-electron chi connectivity index (χ4n) is 1.83. The Balaban J connectivity index is 2.19. The third-order valence-corrected chi connectivity index (χ3v) is 2.65. The maximum atomic E-state index is 11.0. The minimum atomic E-state index is -1.10. The number of H-pyrrole nitrogens is 1. The number of phenolic OH excluding ortho intramolecular Hbond substituents is 1. The maximum Gasteiger partial charge on any atom is 0.341 e. The first-order valence-corrected chi connectivity index (χ1v) is 5.15. The molecule has 18 heavy (non-hydrogen) atoms. The number of aromatic hydroxyl groups is 1. The Morgan fingerprint density at radius 2 is 2.17 bits per heavy atom. The Hall–Kier alpha value is -2.76. The molecule has 2 heterocycles. The van der Waals surface area contributed by atoms with Crippen LogP contribution in [0.25, 0.3) is 22.4 Å². The predicted molar refractivity (Wildman–Crippen MR) is 62.4 cm³/mol. The molecule has 3 aromatic rings. The molecule has 6 nitrogen and oxygen atoms in total. The molecule has 3 N–H and O–H groups in total. The summed E-state index contributed by atoms with van der Waals surface area (Å²) in [6, 6.07) is 6.51. The van der Waals surface area contributed by atoms with Crippen molar-refractivity contribution in [1.82, 2.24) is 10.1 Å². The van der Waals surface area contributed by atoms with Crippen molar-refractivity contribution in [3.05, 3.63) is 36.0 Å². The Morgan fingerprint density at radius 3 is 2.94 bits per heavy atom. The van der Waals surface area contributed by atoms with E-state index in [0.29, 0.717) is 5.69 Å². The van der Waals surface area contributed by atoms with Gasteiger partial charge in [0.25, 0.3) is 0 Å². The summed E-state index contributed by atoms with van der Waals surface area (Å²) in [5, 5.41) is 22.6. The molecule has 1 aromatic carbocycles. The number of nitrogens with zero attached hydrogens (tertiary/aromatic N) is 1. The molecule has 0 amide bonds. The highest BCUT2D eigenvalue weighted by molar-refractivity contribution is 5.95. The number of hydrogen-bond acceptors (Lipinski definition) is 4. The number of aromatic amines is 1. The van der Waals surface area contributed by atoms with Crippen molar-refractivity contribution in [2.75, 3.05) is 0 Å². The number of phenols is 1. The van der Waals surface area contributed by atoms with E-state index in [9.17, 15) is 9.90 Å². The van der Waals surface area contributed by atoms with Gasteiger partial charge in [0.15, 0.2) is 5.76 Å². The van der Waals surface area contributed by atoms with Crippen LogP contribution in [0.4, 0.5) is 0 Å². The van der Waals surface area contributed by atoms with Gasteiger partial charge in [0.1, 0.15) is 11.3 Å². The third-order valence-electron chi connectivity index (χ3n) is 2.65. The fraction of sp³-hybridized carbons (Fsp3) is 0. The van der Waals surface area contributed by atoms with Crippen molar-refractivity contribution in [2.24, 2.45) is 0 Å². The first-order valence-electron chi connectivity index (χ1n) is 5.15. The standard InChI is InChI=1S/C12H8N2O4/c15-7-1-2-9-6(3-7)4-10(14-9)11-8(12(16)17)5-13-18-11/h1-5,14-15H,(H,16,17). The van der Waals surface area contributed by atoms with E-state index in [0.717, 1.165) is 17.1 Å². The number of carboxylic acid groups (broad SMARTS) is 1. The molecular formula is C12H8N2O4. The molecule has 0 aliphatic heterocycles. The van der Waals surface area contributed by atoms with E-state index in [2.05, 4.69) is 10.1 Å². The molecule has 90 valence electrons. The van der Waals surface area contributed by atoms with Crippen LogP contribution in [0.2, 0.25) is 0 Å². The van der Waals surface area contributed by atoms with Gasteiger partial charge in [0, 0.05) is 10.9 Å². The van der Waals surface area contributed by atoms with Gasteiger partial charge in [-0.15, -0.1) is 0 Å². The maximum absolute atomic E-state index is 11.0. The van der Waals surface area contributed by atoms with Crippen molar-refractivity contribution in [1.29, 1.82) is 0 Å². The molecule has 0 radical (unpaired) electrons. The van der Waals surface area contributed by atoms with Crippen LogP contribution in [0.3, 0.4) is 0 Å². The molecule has 2 aromatic heterocycles. The van der Waals surface area contributed by atoms with Gasteiger partial charge in [0.2, 0.25) is 0 Å². The Kier molecular flexibility index (Phi) is 2.09. The molecule has 0 aliphatic carbocycles. The summed E-state index contributed by atoms with van der Waals surface area (Å²) in [5.41, 5.74) is 1.27.